The topological polar surface area (TPSA) is 89.9 Å². The second-order valence-electron chi connectivity index (χ2n) is 5.53. The van der Waals surface area contributed by atoms with Crippen molar-refractivity contribution in [2.24, 2.45) is 0 Å². The Hall–Kier alpha value is -2.08. The van der Waals surface area contributed by atoms with E-state index in [9.17, 15) is 9.59 Å². The fourth-order valence-electron chi connectivity index (χ4n) is 2.04. The molecule has 0 aromatic heterocycles. The van der Waals surface area contributed by atoms with E-state index in [1.165, 1.54) is 5.69 Å². The lowest BCUT2D eigenvalue weighted by Crippen LogP contribution is -2.30. The number of hydrazine groups is 1. The van der Waals surface area contributed by atoms with Gasteiger partial charge in [0.25, 0.3) is 0 Å². The van der Waals surface area contributed by atoms with Gasteiger partial charge in [-0.3, -0.25) is 9.59 Å². The van der Waals surface area contributed by atoms with Gasteiger partial charge in [-0.2, -0.15) is 0 Å². The quantitative estimate of drug-likeness (QED) is 0.422. The van der Waals surface area contributed by atoms with Crippen LogP contribution in [-0.2, 0) is 9.59 Å². The first-order chi connectivity index (χ1) is 11.5. The summed E-state index contributed by atoms with van der Waals surface area (Å²) in [7, 11) is 3.88. The zero-order valence-corrected chi connectivity index (χ0v) is 14.7. The Morgan fingerprint density at radius 1 is 0.875 bits per heavy atom. The zero-order valence-electron chi connectivity index (χ0n) is 14.7. The lowest BCUT2D eigenvalue weighted by atomic mass is 10.1. The Morgan fingerprint density at radius 3 is 1.67 bits per heavy atom. The molecule has 0 bridgehead atoms. The molecule has 6 nitrogen and oxygen atoms in total. The van der Waals surface area contributed by atoms with Crippen molar-refractivity contribution in [1.82, 2.24) is 5.43 Å². The Bertz CT molecular complexity index is 432. The van der Waals surface area contributed by atoms with Crippen molar-refractivity contribution in [3.8, 4) is 0 Å². The monoisotopic (exact) mass is 338 g/mol. The molecule has 0 aliphatic rings. The number of hydrogen-bond donors (Lipinski definition) is 3. The summed E-state index contributed by atoms with van der Waals surface area (Å²) in [5.41, 5.74) is 4.19. The van der Waals surface area contributed by atoms with Crippen molar-refractivity contribution in [2.75, 3.05) is 19.1 Å². The lowest BCUT2D eigenvalue weighted by molar-refractivity contribution is -0.138. The number of para-hydroxylation sites is 1. The number of nitrogens with zero attached hydrogens (tertiary/aromatic N) is 1. The largest absolute Gasteiger partial charge is 0.481 e. The highest BCUT2D eigenvalue weighted by atomic mass is 16.4. The smallest absolute Gasteiger partial charge is 0.303 e. The molecule has 0 heterocycles. The molecule has 0 saturated carbocycles. The van der Waals surface area contributed by atoms with Gasteiger partial charge < -0.3 is 15.2 Å². The fourth-order valence-corrected chi connectivity index (χ4v) is 2.04. The SMILES string of the molecule is CNN(C)c1ccccc1.O=C(O)CCCCCCCCC(=O)O. The van der Waals surface area contributed by atoms with E-state index >= 15 is 0 Å². The number of unbranched alkanes of at least 4 members (excludes halogenated alkanes) is 5. The highest BCUT2D eigenvalue weighted by Crippen LogP contribution is 2.08. The first kappa shape index (κ1) is 21.9. The van der Waals surface area contributed by atoms with Crippen LogP contribution in [0.1, 0.15) is 51.4 Å². The van der Waals surface area contributed by atoms with E-state index in [-0.39, 0.29) is 12.8 Å². The van der Waals surface area contributed by atoms with Crippen molar-refractivity contribution in [3.63, 3.8) is 0 Å². The summed E-state index contributed by atoms with van der Waals surface area (Å²) in [4.78, 5) is 20.3. The van der Waals surface area contributed by atoms with Crippen molar-refractivity contribution < 1.29 is 19.8 Å². The summed E-state index contributed by atoms with van der Waals surface area (Å²) in [5, 5.41) is 18.7. The Morgan fingerprint density at radius 2 is 1.29 bits per heavy atom. The normalized spacial score (nSPS) is 9.75. The minimum atomic E-state index is -0.740. The van der Waals surface area contributed by atoms with Gasteiger partial charge in [0.1, 0.15) is 0 Å². The van der Waals surface area contributed by atoms with Crippen LogP contribution in [0.2, 0.25) is 0 Å². The maximum atomic E-state index is 10.1. The van der Waals surface area contributed by atoms with E-state index in [2.05, 4.69) is 17.6 Å². The highest BCUT2D eigenvalue weighted by Gasteiger charge is 1.98. The third kappa shape index (κ3) is 13.6. The molecule has 3 N–H and O–H groups in total. The van der Waals surface area contributed by atoms with Crippen LogP contribution < -0.4 is 10.4 Å². The van der Waals surface area contributed by atoms with Gasteiger partial charge in [0.05, 0.1) is 5.69 Å². The Kier molecular flexibility index (Phi) is 13.3. The van der Waals surface area contributed by atoms with Gasteiger partial charge in [-0.1, -0.05) is 43.9 Å². The van der Waals surface area contributed by atoms with Crippen LogP contribution in [0.5, 0.6) is 0 Å². The highest BCUT2D eigenvalue weighted by molar-refractivity contribution is 5.66. The third-order valence-corrected chi connectivity index (χ3v) is 3.51. The van der Waals surface area contributed by atoms with E-state index in [0.717, 1.165) is 38.5 Å². The molecule has 1 aromatic carbocycles. The van der Waals surface area contributed by atoms with Crippen LogP contribution in [-0.4, -0.2) is 36.2 Å². The molecule has 1 rings (SSSR count). The summed E-state index contributed by atoms with van der Waals surface area (Å²) in [6, 6.07) is 10.1. The van der Waals surface area contributed by atoms with E-state index < -0.39 is 11.9 Å². The van der Waals surface area contributed by atoms with Gasteiger partial charge in [0.15, 0.2) is 0 Å². The Balaban J connectivity index is 0.000000463. The van der Waals surface area contributed by atoms with Gasteiger partial charge in [0, 0.05) is 26.9 Å². The number of nitrogens with one attached hydrogen (secondary N) is 1. The predicted molar refractivity (Wildman–Crippen MR) is 96.1 cm³/mol. The average molecular weight is 338 g/mol. The van der Waals surface area contributed by atoms with Crippen LogP contribution in [0.3, 0.4) is 0 Å². The first-order valence-electron chi connectivity index (χ1n) is 8.37. The van der Waals surface area contributed by atoms with Crippen LogP contribution in [0.4, 0.5) is 5.69 Å². The summed E-state index contributed by atoms with van der Waals surface area (Å²) in [6.07, 6.45) is 5.82. The fraction of sp³-hybridized carbons (Fsp3) is 0.556. The van der Waals surface area contributed by atoms with Crippen molar-refractivity contribution in [1.29, 1.82) is 0 Å². The standard InChI is InChI=1S/C10H18O4.C8H12N2/c11-9(12)7-5-3-1-2-4-6-8-10(13)14;1-9-10(2)8-6-4-3-5-7-8/h1-8H2,(H,11,12)(H,13,14);3-7,9H,1-2H3. The molecule has 0 saturated heterocycles. The molecule has 6 heteroatoms. The second kappa shape index (κ2) is 14.5. The maximum Gasteiger partial charge on any atom is 0.303 e. The molecule has 0 fully saturated rings. The lowest BCUT2D eigenvalue weighted by Gasteiger charge is -2.16. The van der Waals surface area contributed by atoms with E-state index in [4.69, 9.17) is 10.2 Å². The van der Waals surface area contributed by atoms with Gasteiger partial charge in [-0.15, -0.1) is 0 Å². The van der Waals surface area contributed by atoms with Crippen molar-refractivity contribution in [3.05, 3.63) is 30.3 Å². The average Bonchev–Trinajstić information content (AvgIpc) is 2.57. The van der Waals surface area contributed by atoms with Crippen molar-refractivity contribution in [2.45, 2.75) is 51.4 Å². The molecular formula is C18H30N2O4. The number of rotatable bonds is 11. The molecule has 0 unspecified atom stereocenters. The number of benzene rings is 1. The molecule has 0 atom stereocenters. The number of carbonyl (C=O) groups is 2. The van der Waals surface area contributed by atoms with Crippen LogP contribution in [0.25, 0.3) is 0 Å². The van der Waals surface area contributed by atoms with Crippen LogP contribution >= 0.6 is 0 Å². The summed E-state index contributed by atoms with van der Waals surface area (Å²) >= 11 is 0. The predicted octanol–water partition coefficient (Wildman–Crippen LogP) is 3.53. The maximum absolute atomic E-state index is 10.1. The van der Waals surface area contributed by atoms with Crippen molar-refractivity contribution >= 4 is 17.6 Å². The zero-order chi connectivity index (χ0) is 18.2. The molecule has 0 aliphatic heterocycles. The molecule has 24 heavy (non-hydrogen) atoms. The summed E-state index contributed by atoms with van der Waals surface area (Å²) < 4.78 is 0. The molecule has 0 aliphatic carbocycles. The molecule has 0 amide bonds. The van der Waals surface area contributed by atoms with E-state index in [0.29, 0.717) is 0 Å². The van der Waals surface area contributed by atoms with Gasteiger partial charge in [0.2, 0.25) is 0 Å². The minimum Gasteiger partial charge on any atom is -0.481 e. The van der Waals surface area contributed by atoms with Gasteiger partial charge in [-0.25, -0.2) is 5.43 Å². The molecular weight excluding hydrogens is 308 g/mol. The number of carboxylic acids is 2. The third-order valence-electron chi connectivity index (χ3n) is 3.51. The van der Waals surface area contributed by atoms with Gasteiger partial charge in [-0.05, 0) is 25.0 Å². The Labute approximate surface area is 144 Å². The minimum absolute atomic E-state index is 0.245. The summed E-state index contributed by atoms with van der Waals surface area (Å²) in [6.45, 7) is 0. The molecule has 1 aromatic rings. The number of aliphatic carboxylic acids is 2. The van der Waals surface area contributed by atoms with Crippen LogP contribution in [0.15, 0.2) is 30.3 Å². The van der Waals surface area contributed by atoms with E-state index in [1.807, 2.05) is 37.3 Å². The number of carboxylic acid groups (broad SMARTS) is 2. The van der Waals surface area contributed by atoms with E-state index in [1.54, 1.807) is 0 Å². The molecule has 136 valence electrons. The molecule has 0 spiro atoms. The van der Waals surface area contributed by atoms with Crippen LogP contribution in [0, 0.1) is 0 Å². The first-order valence-corrected chi connectivity index (χ1v) is 8.37. The number of anilines is 1. The molecule has 0 radical (unpaired) electrons. The second-order valence-corrected chi connectivity index (χ2v) is 5.53. The number of hydrogen-bond acceptors (Lipinski definition) is 4. The summed E-state index contributed by atoms with van der Waals surface area (Å²) in [5.74, 6) is -1.48. The van der Waals surface area contributed by atoms with Gasteiger partial charge >= 0.3 is 11.9 Å².